The first-order valence-electron chi connectivity index (χ1n) is 6.67. The molecule has 19 heavy (non-hydrogen) atoms. The van der Waals surface area contributed by atoms with Gasteiger partial charge in [-0.2, -0.15) is 0 Å². The van der Waals surface area contributed by atoms with Crippen molar-refractivity contribution >= 4 is 0 Å². The van der Waals surface area contributed by atoms with E-state index < -0.39 is 0 Å². The van der Waals surface area contributed by atoms with Gasteiger partial charge in [-0.05, 0) is 25.9 Å². The van der Waals surface area contributed by atoms with Gasteiger partial charge in [-0.1, -0.05) is 0 Å². The zero-order valence-electron chi connectivity index (χ0n) is 11.1. The highest BCUT2D eigenvalue weighted by atomic mass is 16.6. The molecule has 2 fully saturated rings. The summed E-state index contributed by atoms with van der Waals surface area (Å²) in [5.74, 6) is 1.06. The molecule has 0 radical (unpaired) electrons. The first-order chi connectivity index (χ1) is 9.30. The predicted molar refractivity (Wildman–Crippen MR) is 68.4 cm³/mol. The maximum atomic E-state index is 5.98. The predicted octanol–water partition coefficient (Wildman–Crippen LogP) is 0.775. The summed E-state index contributed by atoms with van der Waals surface area (Å²) < 4.78 is 16.9. The highest BCUT2D eigenvalue weighted by Crippen LogP contribution is 2.35. The number of hydrogen-bond donors (Lipinski definition) is 1. The fourth-order valence-electron chi connectivity index (χ4n) is 2.78. The number of rotatable bonds is 3. The molecular weight excluding hydrogens is 246 g/mol. The summed E-state index contributed by atoms with van der Waals surface area (Å²) in [5.41, 5.74) is 0.00698. The van der Waals surface area contributed by atoms with Gasteiger partial charge in [0.25, 0.3) is 0 Å². The van der Waals surface area contributed by atoms with Gasteiger partial charge in [0.1, 0.15) is 12.4 Å². The molecule has 1 unspecified atom stereocenters. The minimum Gasteiger partial charge on any atom is -0.481 e. The number of aromatic nitrogens is 2. The first kappa shape index (κ1) is 12.6. The normalized spacial score (nSPS) is 25.4. The summed E-state index contributed by atoms with van der Waals surface area (Å²) in [6.45, 7) is 2.68. The summed E-state index contributed by atoms with van der Waals surface area (Å²) in [4.78, 5) is 8.07. The third-order valence-electron chi connectivity index (χ3n) is 3.80. The van der Waals surface area contributed by atoms with Gasteiger partial charge in [0.05, 0.1) is 25.4 Å². The van der Waals surface area contributed by atoms with Gasteiger partial charge in [0.15, 0.2) is 0 Å². The Morgan fingerprint density at radius 2 is 2.11 bits per heavy atom. The molecule has 0 aliphatic carbocycles. The van der Waals surface area contributed by atoms with Gasteiger partial charge in [-0.25, -0.2) is 9.97 Å². The molecule has 0 amide bonds. The molecule has 1 aromatic heterocycles. The van der Waals surface area contributed by atoms with Crippen LogP contribution in [-0.4, -0.2) is 48.5 Å². The Kier molecular flexibility index (Phi) is 3.52. The van der Waals surface area contributed by atoms with Gasteiger partial charge in [0.2, 0.25) is 11.8 Å². The molecule has 1 N–H and O–H groups in total. The van der Waals surface area contributed by atoms with E-state index in [4.69, 9.17) is 14.2 Å². The number of piperidine rings is 1. The molecule has 104 valence electrons. The molecule has 2 aliphatic rings. The highest BCUT2D eigenvalue weighted by molar-refractivity contribution is 5.18. The summed E-state index contributed by atoms with van der Waals surface area (Å²) >= 11 is 0. The minimum atomic E-state index is 0.00698. The van der Waals surface area contributed by atoms with Crippen LogP contribution in [0.5, 0.6) is 11.8 Å². The van der Waals surface area contributed by atoms with Crippen LogP contribution in [0, 0.1) is 0 Å². The Morgan fingerprint density at radius 3 is 2.89 bits per heavy atom. The van der Waals surface area contributed by atoms with Crippen LogP contribution in [0.2, 0.25) is 0 Å². The Labute approximate surface area is 112 Å². The van der Waals surface area contributed by atoms with E-state index >= 15 is 0 Å². The molecule has 1 aromatic rings. The third kappa shape index (κ3) is 2.79. The highest BCUT2D eigenvalue weighted by Gasteiger charge is 2.42. The standard InChI is InChI=1S/C13H19N3O3/c1-17-11-6-12(16-9-15-11)19-10-7-13(18-8-10)2-4-14-5-3-13/h6,9-10,14H,2-5,7-8H2,1H3. The molecule has 1 atom stereocenters. The minimum absolute atomic E-state index is 0.00698. The van der Waals surface area contributed by atoms with Crippen LogP contribution < -0.4 is 14.8 Å². The monoisotopic (exact) mass is 265 g/mol. The quantitative estimate of drug-likeness (QED) is 0.871. The van der Waals surface area contributed by atoms with Crippen molar-refractivity contribution in [1.29, 1.82) is 0 Å². The molecule has 6 heteroatoms. The van der Waals surface area contributed by atoms with E-state index in [0.29, 0.717) is 18.4 Å². The van der Waals surface area contributed by atoms with E-state index in [2.05, 4.69) is 15.3 Å². The zero-order chi connectivity index (χ0) is 13.1. The molecule has 0 saturated carbocycles. The maximum Gasteiger partial charge on any atom is 0.220 e. The largest absolute Gasteiger partial charge is 0.481 e. The number of hydrogen-bond acceptors (Lipinski definition) is 6. The van der Waals surface area contributed by atoms with Crippen LogP contribution in [0.4, 0.5) is 0 Å². The maximum absolute atomic E-state index is 5.98. The van der Waals surface area contributed by atoms with E-state index in [1.165, 1.54) is 6.33 Å². The summed E-state index contributed by atoms with van der Waals surface area (Å²) in [6, 6.07) is 1.70. The molecule has 3 rings (SSSR count). The van der Waals surface area contributed by atoms with Crippen LogP contribution in [-0.2, 0) is 4.74 Å². The summed E-state index contributed by atoms with van der Waals surface area (Å²) in [5, 5.41) is 3.36. The third-order valence-corrected chi connectivity index (χ3v) is 3.80. The van der Waals surface area contributed by atoms with Crippen LogP contribution in [0.15, 0.2) is 12.4 Å². The van der Waals surface area contributed by atoms with Crippen molar-refractivity contribution in [2.45, 2.75) is 31.0 Å². The van der Waals surface area contributed by atoms with Crippen LogP contribution >= 0.6 is 0 Å². The van der Waals surface area contributed by atoms with Crippen molar-refractivity contribution in [2.75, 3.05) is 26.8 Å². The second-order valence-corrected chi connectivity index (χ2v) is 5.09. The van der Waals surface area contributed by atoms with Crippen molar-refractivity contribution in [1.82, 2.24) is 15.3 Å². The Hall–Kier alpha value is -1.40. The molecule has 3 heterocycles. The lowest BCUT2D eigenvalue weighted by atomic mass is 9.89. The van der Waals surface area contributed by atoms with Crippen LogP contribution in [0.3, 0.4) is 0 Å². The van der Waals surface area contributed by atoms with Gasteiger partial charge >= 0.3 is 0 Å². The van der Waals surface area contributed by atoms with E-state index in [-0.39, 0.29) is 11.7 Å². The summed E-state index contributed by atoms with van der Waals surface area (Å²) in [7, 11) is 1.58. The van der Waals surface area contributed by atoms with E-state index in [0.717, 1.165) is 32.4 Å². The van der Waals surface area contributed by atoms with Crippen molar-refractivity contribution in [2.24, 2.45) is 0 Å². The number of ether oxygens (including phenoxy) is 3. The van der Waals surface area contributed by atoms with E-state index in [9.17, 15) is 0 Å². The molecule has 0 aromatic carbocycles. The SMILES string of the molecule is COc1cc(OC2COC3(CCNCC3)C2)ncn1. The Morgan fingerprint density at radius 1 is 1.32 bits per heavy atom. The number of nitrogens with zero attached hydrogens (tertiary/aromatic N) is 2. The lowest BCUT2D eigenvalue weighted by Crippen LogP contribution is -2.41. The van der Waals surface area contributed by atoms with Crippen molar-refractivity contribution < 1.29 is 14.2 Å². The lowest BCUT2D eigenvalue weighted by Gasteiger charge is -2.32. The second-order valence-electron chi connectivity index (χ2n) is 5.09. The van der Waals surface area contributed by atoms with Crippen molar-refractivity contribution in [3.63, 3.8) is 0 Å². The zero-order valence-corrected chi connectivity index (χ0v) is 11.1. The lowest BCUT2D eigenvalue weighted by molar-refractivity contribution is -0.0205. The molecular formula is C13H19N3O3. The topological polar surface area (TPSA) is 65.5 Å². The number of nitrogens with one attached hydrogen (secondary N) is 1. The molecule has 0 bridgehead atoms. The second kappa shape index (κ2) is 5.30. The van der Waals surface area contributed by atoms with Crippen LogP contribution in [0.1, 0.15) is 19.3 Å². The Balaban J connectivity index is 1.61. The molecule has 2 aliphatic heterocycles. The average Bonchev–Trinajstić information content (AvgIpc) is 2.82. The van der Waals surface area contributed by atoms with Crippen LogP contribution in [0.25, 0.3) is 0 Å². The Bertz CT molecular complexity index is 435. The fraction of sp³-hybridized carbons (Fsp3) is 0.692. The van der Waals surface area contributed by atoms with Gasteiger partial charge in [-0.3, -0.25) is 0 Å². The van der Waals surface area contributed by atoms with Gasteiger partial charge in [-0.15, -0.1) is 0 Å². The number of methoxy groups -OCH3 is 1. The summed E-state index contributed by atoms with van der Waals surface area (Å²) in [6.07, 6.45) is 4.56. The smallest absolute Gasteiger partial charge is 0.220 e. The van der Waals surface area contributed by atoms with Gasteiger partial charge < -0.3 is 19.5 Å². The fourth-order valence-corrected chi connectivity index (χ4v) is 2.78. The van der Waals surface area contributed by atoms with Gasteiger partial charge in [0, 0.05) is 6.42 Å². The first-order valence-corrected chi connectivity index (χ1v) is 6.67. The van der Waals surface area contributed by atoms with E-state index in [1.54, 1.807) is 13.2 Å². The van der Waals surface area contributed by atoms with Crippen molar-refractivity contribution in [3.05, 3.63) is 12.4 Å². The van der Waals surface area contributed by atoms with E-state index in [1.807, 2.05) is 0 Å². The average molecular weight is 265 g/mol. The molecule has 6 nitrogen and oxygen atoms in total. The molecule has 2 saturated heterocycles. The molecule has 1 spiro atoms. The van der Waals surface area contributed by atoms with Crippen molar-refractivity contribution in [3.8, 4) is 11.8 Å².